The molecule has 1 fully saturated rings. The van der Waals surface area contributed by atoms with Gasteiger partial charge < -0.3 is 9.64 Å². The molecule has 1 aliphatic rings. The third-order valence-corrected chi connectivity index (χ3v) is 4.30. The third kappa shape index (κ3) is 4.31. The fourth-order valence-electron chi connectivity index (χ4n) is 3.14. The largest absolute Gasteiger partial charge is 0.381 e. The molecule has 0 spiro atoms. The highest BCUT2D eigenvalue weighted by molar-refractivity contribution is 5.83. The molecule has 3 heteroatoms. The average molecular weight is 289 g/mol. The van der Waals surface area contributed by atoms with E-state index in [4.69, 9.17) is 4.74 Å². The molecular formula is C18H27NO2. The molecule has 0 N–H and O–H groups in total. The van der Waals surface area contributed by atoms with Crippen LogP contribution in [0.1, 0.15) is 44.6 Å². The van der Waals surface area contributed by atoms with Crippen LogP contribution in [0.15, 0.2) is 30.3 Å². The molecular weight excluding hydrogens is 262 g/mol. The Bertz CT molecular complexity index is 432. The Morgan fingerprint density at radius 3 is 2.76 bits per heavy atom. The summed E-state index contributed by atoms with van der Waals surface area (Å²) >= 11 is 0. The van der Waals surface area contributed by atoms with Gasteiger partial charge in [0.1, 0.15) is 0 Å². The van der Waals surface area contributed by atoms with Gasteiger partial charge in [0.2, 0.25) is 5.91 Å². The van der Waals surface area contributed by atoms with Gasteiger partial charge in [-0.05, 0) is 37.7 Å². The highest BCUT2D eigenvalue weighted by atomic mass is 16.5. The monoisotopic (exact) mass is 289 g/mol. The van der Waals surface area contributed by atoms with Gasteiger partial charge in [-0.3, -0.25) is 4.79 Å². The van der Waals surface area contributed by atoms with E-state index in [0.717, 1.165) is 44.7 Å². The van der Waals surface area contributed by atoms with E-state index in [1.807, 2.05) is 30.0 Å². The summed E-state index contributed by atoms with van der Waals surface area (Å²) in [5, 5.41) is 0. The molecule has 0 saturated carbocycles. The van der Waals surface area contributed by atoms with Crippen LogP contribution in [-0.4, -0.2) is 37.1 Å². The summed E-state index contributed by atoms with van der Waals surface area (Å²) < 4.78 is 5.53. The number of nitrogens with zero attached hydrogens (tertiary/aromatic N) is 1. The van der Waals surface area contributed by atoms with Gasteiger partial charge in [0.25, 0.3) is 0 Å². The van der Waals surface area contributed by atoms with E-state index >= 15 is 0 Å². The molecule has 0 aromatic heterocycles. The zero-order chi connectivity index (χ0) is 15.1. The van der Waals surface area contributed by atoms with Gasteiger partial charge in [-0.2, -0.15) is 0 Å². The van der Waals surface area contributed by atoms with Crippen LogP contribution in [0.25, 0.3) is 0 Å². The zero-order valence-corrected chi connectivity index (χ0v) is 13.3. The molecule has 21 heavy (non-hydrogen) atoms. The number of likely N-dealkylation sites (tertiary alicyclic amines) is 1. The molecule has 116 valence electrons. The second kappa shape index (κ2) is 8.18. The van der Waals surface area contributed by atoms with Crippen LogP contribution in [0.3, 0.4) is 0 Å². The van der Waals surface area contributed by atoms with Crippen molar-refractivity contribution in [3.05, 3.63) is 35.9 Å². The van der Waals surface area contributed by atoms with Crippen molar-refractivity contribution in [1.29, 1.82) is 0 Å². The molecule has 0 bridgehead atoms. The number of carbonyl (C=O) groups is 1. The van der Waals surface area contributed by atoms with E-state index in [1.165, 1.54) is 6.42 Å². The summed E-state index contributed by atoms with van der Waals surface area (Å²) in [6, 6.07) is 10.2. The molecule has 1 amide bonds. The van der Waals surface area contributed by atoms with Crippen LogP contribution in [0.2, 0.25) is 0 Å². The van der Waals surface area contributed by atoms with Crippen molar-refractivity contribution in [2.24, 2.45) is 5.92 Å². The van der Waals surface area contributed by atoms with E-state index < -0.39 is 0 Å². The molecule has 1 aromatic rings. The SMILES string of the molecule is CCOCC1CCCN(C(=O)C(CC)c2ccccc2)C1. The molecule has 0 aliphatic carbocycles. The van der Waals surface area contributed by atoms with Crippen LogP contribution >= 0.6 is 0 Å². The quantitative estimate of drug-likeness (QED) is 0.802. The standard InChI is InChI=1S/C18H27NO2/c1-3-17(16-10-6-5-7-11-16)18(20)19-12-8-9-15(13-19)14-21-4-2/h5-7,10-11,15,17H,3-4,8-9,12-14H2,1-2H3. The molecule has 2 atom stereocenters. The van der Waals surface area contributed by atoms with Crippen LogP contribution in [0.4, 0.5) is 0 Å². The number of rotatable bonds is 6. The van der Waals surface area contributed by atoms with Gasteiger partial charge in [0.15, 0.2) is 0 Å². The lowest BCUT2D eigenvalue weighted by atomic mass is 9.92. The number of amides is 1. The molecule has 1 aromatic carbocycles. The Morgan fingerprint density at radius 2 is 2.10 bits per heavy atom. The average Bonchev–Trinajstić information content (AvgIpc) is 2.55. The highest BCUT2D eigenvalue weighted by Crippen LogP contribution is 2.25. The smallest absolute Gasteiger partial charge is 0.230 e. The van der Waals surface area contributed by atoms with Crippen LogP contribution in [0, 0.1) is 5.92 Å². The molecule has 1 heterocycles. The minimum Gasteiger partial charge on any atom is -0.381 e. The molecule has 1 aliphatic heterocycles. The first-order valence-electron chi connectivity index (χ1n) is 8.17. The Morgan fingerprint density at radius 1 is 1.33 bits per heavy atom. The Labute approximate surface area is 128 Å². The van der Waals surface area contributed by atoms with E-state index in [0.29, 0.717) is 5.92 Å². The third-order valence-electron chi connectivity index (χ3n) is 4.30. The summed E-state index contributed by atoms with van der Waals surface area (Å²) in [6.45, 7) is 7.40. The first kappa shape index (κ1) is 16.0. The van der Waals surface area contributed by atoms with E-state index in [-0.39, 0.29) is 11.8 Å². The highest BCUT2D eigenvalue weighted by Gasteiger charge is 2.28. The van der Waals surface area contributed by atoms with Crippen molar-refractivity contribution >= 4 is 5.91 Å². The summed E-state index contributed by atoms with van der Waals surface area (Å²) in [7, 11) is 0. The summed E-state index contributed by atoms with van der Waals surface area (Å²) in [5.74, 6) is 0.776. The van der Waals surface area contributed by atoms with Crippen molar-refractivity contribution < 1.29 is 9.53 Å². The lowest BCUT2D eigenvalue weighted by Gasteiger charge is -2.35. The van der Waals surface area contributed by atoms with Crippen molar-refractivity contribution in [3.8, 4) is 0 Å². The van der Waals surface area contributed by atoms with Crippen molar-refractivity contribution in [2.45, 2.75) is 39.0 Å². The van der Waals surface area contributed by atoms with Crippen LogP contribution in [-0.2, 0) is 9.53 Å². The first-order valence-corrected chi connectivity index (χ1v) is 8.17. The summed E-state index contributed by atoms with van der Waals surface area (Å²) in [4.78, 5) is 14.9. The van der Waals surface area contributed by atoms with Gasteiger partial charge in [-0.25, -0.2) is 0 Å². The second-order valence-corrected chi connectivity index (χ2v) is 5.82. The maximum absolute atomic E-state index is 12.8. The number of ether oxygens (including phenoxy) is 1. The summed E-state index contributed by atoms with van der Waals surface area (Å²) in [6.07, 6.45) is 3.12. The van der Waals surface area contributed by atoms with E-state index in [2.05, 4.69) is 19.1 Å². The molecule has 3 nitrogen and oxygen atoms in total. The molecule has 1 saturated heterocycles. The van der Waals surface area contributed by atoms with Crippen molar-refractivity contribution in [2.75, 3.05) is 26.3 Å². The topological polar surface area (TPSA) is 29.5 Å². The van der Waals surface area contributed by atoms with Gasteiger partial charge in [0, 0.05) is 19.7 Å². The summed E-state index contributed by atoms with van der Waals surface area (Å²) in [5.41, 5.74) is 1.14. The number of benzene rings is 1. The zero-order valence-electron chi connectivity index (χ0n) is 13.3. The number of hydrogen-bond donors (Lipinski definition) is 0. The molecule has 2 rings (SSSR count). The second-order valence-electron chi connectivity index (χ2n) is 5.82. The fourth-order valence-corrected chi connectivity index (χ4v) is 3.14. The number of carbonyl (C=O) groups excluding carboxylic acids is 1. The minimum atomic E-state index is -0.00274. The van der Waals surface area contributed by atoms with Gasteiger partial charge in [-0.15, -0.1) is 0 Å². The maximum atomic E-state index is 12.8. The Balaban J connectivity index is 2.00. The minimum absolute atomic E-state index is 0.00274. The van der Waals surface area contributed by atoms with Crippen molar-refractivity contribution in [1.82, 2.24) is 4.90 Å². The van der Waals surface area contributed by atoms with Gasteiger partial charge in [-0.1, -0.05) is 37.3 Å². The van der Waals surface area contributed by atoms with Gasteiger partial charge >= 0.3 is 0 Å². The van der Waals surface area contributed by atoms with E-state index in [1.54, 1.807) is 0 Å². The Kier molecular flexibility index (Phi) is 6.24. The van der Waals surface area contributed by atoms with Crippen molar-refractivity contribution in [3.63, 3.8) is 0 Å². The molecule has 0 radical (unpaired) electrons. The predicted molar refractivity (Wildman–Crippen MR) is 85.3 cm³/mol. The van der Waals surface area contributed by atoms with E-state index in [9.17, 15) is 4.79 Å². The normalized spacial score (nSPS) is 20.3. The Hall–Kier alpha value is -1.35. The van der Waals surface area contributed by atoms with Crippen LogP contribution in [0.5, 0.6) is 0 Å². The first-order chi connectivity index (χ1) is 10.3. The van der Waals surface area contributed by atoms with Gasteiger partial charge in [0.05, 0.1) is 12.5 Å². The number of hydrogen-bond acceptors (Lipinski definition) is 2. The lowest BCUT2D eigenvalue weighted by Crippen LogP contribution is -2.43. The lowest BCUT2D eigenvalue weighted by molar-refractivity contribution is -0.135. The predicted octanol–water partition coefficient (Wildman–Crippen LogP) is 3.46. The maximum Gasteiger partial charge on any atom is 0.230 e. The number of piperidine rings is 1. The fraction of sp³-hybridized carbons (Fsp3) is 0.611. The molecule has 2 unspecified atom stereocenters. The van der Waals surface area contributed by atoms with Crippen LogP contribution < -0.4 is 0 Å².